The van der Waals surface area contributed by atoms with E-state index in [0.29, 0.717) is 21.5 Å². The molecule has 2 heterocycles. The fourth-order valence-electron chi connectivity index (χ4n) is 2.94. The molecule has 0 unspecified atom stereocenters. The van der Waals surface area contributed by atoms with Crippen LogP contribution in [0.2, 0.25) is 5.02 Å². The smallest absolute Gasteiger partial charge is 0.331 e. The minimum absolute atomic E-state index is 0.00256. The predicted octanol–water partition coefficient (Wildman–Crippen LogP) is 4.59. The average Bonchev–Trinajstić information content (AvgIpc) is 3.29. The third kappa shape index (κ3) is 4.95. The Bertz CT molecular complexity index is 1100. The molecule has 0 spiro atoms. The summed E-state index contributed by atoms with van der Waals surface area (Å²) in [7, 11) is 1.78. The Hall–Kier alpha value is -2.97. The van der Waals surface area contributed by atoms with Gasteiger partial charge in [-0.05, 0) is 43.2 Å². The first-order valence-electron chi connectivity index (χ1n) is 9.11. The summed E-state index contributed by atoms with van der Waals surface area (Å²) in [5.41, 5.74) is 3.82. The van der Waals surface area contributed by atoms with Crippen molar-refractivity contribution in [1.82, 2.24) is 14.8 Å². The second-order valence-corrected chi connectivity index (χ2v) is 7.95. The molecule has 1 amide bonds. The number of aryl methyl sites for hydroxylation is 3. The summed E-state index contributed by atoms with van der Waals surface area (Å²) in [6.07, 6.45) is 4.60. The molecule has 0 N–H and O–H groups in total. The predicted molar refractivity (Wildman–Crippen MR) is 118 cm³/mol. The van der Waals surface area contributed by atoms with E-state index in [0.717, 1.165) is 16.8 Å². The van der Waals surface area contributed by atoms with E-state index in [1.165, 1.54) is 29.2 Å². The van der Waals surface area contributed by atoms with Crippen molar-refractivity contribution in [1.29, 1.82) is 0 Å². The van der Waals surface area contributed by atoms with E-state index >= 15 is 0 Å². The number of esters is 1. The molecule has 0 aliphatic carbocycles. The Morgan fingerprint density at radius 2 is 2.10 bits per heavy atom. The molecule has 0 saturated heterocycles. The van der Waals surface area contributed by atoms with Crippen LogP contribution in [0.15, 0.2) is 35.9 Å². The average molecular weight is 445 g/mol. The molecule has 3 aromatic rings. The second kappa shape index (κ2) is 9.23. The molecule has 7 nitrogen and oxygen atoms in total. The van der Waals surface area contributed by atoms with Crippen molar-refractivity contribution in [3.63, 3.8) is 0 Å². The van der Waals surface area contributed by atoms with E-state index in [9.17, 15) is 9.59 Å². The number of halogens is 1. The third-order valence-corrected chi connectivity index (χ3v) is 5.44. The highest BCUT2D eigenvalue weighted by Gasteiger charge is 2.22. The Kier molecular flexibility index (Phi) is 6.69. The van der Waals surface area contributed by atoms with Gasteiger partial charge in [0.15, 0.2) is 5.13 Å². The maximum Gasteiger partial charge on any atom is 0.331 e. The molecular formula is C21H21ClN4O3S. The minimum atomic E-state index is -0.494. The van der Waals surface area contributed by atoms with Crippen LogP contribution in [0.3, 0.4) is 0 Å². The van der Waals surface area contributed by atoms with Gasteiger partial charge in [0.05, 0.1) is 22.1 Å². The van der Waals surface area contributed by atoms with E-state index < -0.39 is 5.97 Å². The Balaban J connectivity index is 1.73. The lowest BCUT2D eigenvalue weighted by Crippen LogP contribution is -2.24. The summed E-state index contributed by atoms with van der Waals surface area (Å²) >= 11 is 7.70. The summed E-state index contributed by atoms with van der Waals surface area (Å²) in [4.78, 5) is 30.3. The van der Waals surface area contributed by atoms with Crippen LogP contribution in [0.4, 0.5) is 10.8 Å². The van der Waals surface area contributed by atoms with Gasteiger partial charge in [0.25, 0.3) is 0 Å². The molecule has 9 heteroatoms. The maximum absolute atomic E-state index is 12.4. The molecule has 2 aromatic heterocycles. The van der Waals surface area contributed by atoms with Gasteiger partial charge in [-0.25, -0.2) is 9.78 Å². The van der Waals surface area contributed by atoms with Crippen LogP contribution in [0, 0.1) is 13.8 Å². The van der Waals surface area contributed by atoms with Crippen LogP contribution in [0.1, 0.15) is 29.4 Å². The number of hydrogen-bond donors (Lipinski definition) is 0. The van der Waals surface area contributed by atoms with Gasteiger partial charge in [0.2, 0.25) is 5.91 Å². The summed E-state index contributed by atoms with van der Waals surface area (Å²) in [6, 6.07) is 5.55. The van der Waals surface area contributed by atoms with Gasteiger partial charge in [-0.2, -0.15) is 5.10 Å². The number of rotatable bonds is 6. The number of aromatic nitrogens is 3. The molecule has 0 bridgehead atoms. The van der Waals surface area contributed by atoms with Crippen molar-refractivity contribution in [2.24, 2.45) is 7.05 Å². The molecule has 0 aliphatic heterocycles. The van der Waals surface area contributed by atoms with Gasteiger partial charge in [0, 0.05) is 31.6 Å². The minimum Gasteiger partial charge on any atom is -0.456 e. The molecule has 0 fully saturated rings. The number of nitrogens with zero attached hydrogens (tertiary/aromatic N) is 4. The third-order valence-electron chi connectivity index (χ3n) is 4.28. The first-order chi connectivity index (χ1) is 14.3. The molecule has 0 radical (unpaired) electrons. The molecule has 3 rings (SSSR count). The molecule has 156 valence electrons. The van der Waals surface area contributed by atoms with Crippen LogP contribution in [-0.2, 0) is 28.0 Å². The number of ether oxygens (including phenoxy) is 1. The molecule has 0 aliphatic rings. The van der Waals surface area contributed by atoms with Gasteiger partial charge in [-0.15, -0.1) is 11.3 Å². The highest BCUT2D eigenvalue weighted by molar-refractivity contribution is 7.14. The first-order valence-corrected chi connectivity index (χ1v) is 10.4. The largest absolute Gasteiger partial charge is 0.456 e. The van der Waals surface area contributed by atoms with E-state index in [-0.39, 0.29) is 12.5 Å². The SMILES string of the molecule is CC(=O)N(c1nc(COC(=O)C=Cc2ccnn2C)cs1)c1c(C)cc(C)cc1Cl. The van der Waals surface area contributed by atoms with E-state index in [1.807, 2.05) is 26.0 Å². The van der Waals surface area contributed by atoms with E-state index in [1.54, 1.807) is 35.4 Å². The number of carbonyl (C=O) groups excluding carboxylic acids is 2. The normalized spacial score (nSPS) is 11.1. The number of amides is 1. The number of hydrogen-bond acceptors (Lipinski definition) is 6. The van der Waals surface area contributed by atoms with Gasteiger partial charge in [-0.3, -0.25) is 14.4 Å². The van der Waals surface area contributed by atoms with Gasteiger partial charge in [0.1, 0.15) is 6.61 Å². The number of anilines is 2. The first kappa shape index (κ1) is 21.7. The quantitative estimate of drug-likeness (QED) is 0.410. The van der Waals surface area contributed by atoms with E-state index in [2.05, 4.69) is 10.1 Å². The van der Waals surface area contributed by atoms with E-state index in [4.69, 9.17) is 16.3 Å². The summed E-state index contributed by atoms with van der Waals surface area (Å²) in [5.74, 6) is -0.701. The van der Waals surface area contributed by atoms with Crippen molar-refractivity contribution in [3.8, 4) is 0 Å². The van der Waals surface area contributed by atoms with Crippen molar-refractivity contribution < 1.29 is 14.3 Å². The molecular weight excluding hydrogens is 424 g/mol. The highest BCUT2D eigenvalue weighted by Crippen LogP contribution is 2.37. The maximum atomic E-state index is 12.4. The molecule has 1 aromatic carbocycles. The standard InChI is InChI=1S/C21H21ClN4O3S/c1-13-9-14(2)20(18(22)10-13)26(15(3)27)21-24-16(12-30-21)11-29-19(28)6-5-17-7-8-23-25(17)4/h5-10,12H,11H2,1-4H3. The zero-order valence-corrected chi connectivity index (χ0v) is 18.6. The number of thiazole rings is 1. The monoisotopic (exact) mass is 444 g/mol. The van der Waals surface area contributed by atoms with Gasteiger partial charge < -0.3 is 4.74 Å². The summed E-state index contributed by atoms with van der Waals surface area (Å²) < 4.78 is 6.89. The van der Waals surface area contributed by atoms with Gasteiger partial charge in [-0.1, -0.05) is 17.7 Å². The Morgan fingerprint density at radius 1 is 1.33 bits per heavy atom. The van der Waals surface area contributed by atoms with Crippen molar-refractivity contribution >= 4 is 51.7 Å². The number of carbonyl (C=O) groups is 2. The number of benzene rings is 1. The summed E-state index contributed by atoms with van der Waals surface area (Å²) in [5, 5.41) is 6.72. The molecule has 0 atom stereocenters. The molecule has 0 saturated carbocycles. The Morgan fingerprint density at radius 3 is 2.73 bits per heavy atom. The van der Waals surface area contributed by atoms with Gasteiger partial charge >= 0.3 is 5.97 Å². The molecule has 30 heavy (non-hydrogen) atoms. The Labute approximate surface area is 183 Å². The highest BCUT2D eigenvalue weighted by atomic mass is 35.5. The topological polar surface area (TPSA) is 77.3 Å². The van der Waals surface area contributed by atoms with Crippen LogP contribution in [0.25, 0.3) is 6.08 Å². The second-order valence-electron chi connectivity index (χ2n) is 6.71. The lowest BCUT2D eigenvalue weighted by molar-refractivity contribution is -0.139. The van der Waals surface area contributed by atoms with Crippen LogP contribution >= 0.6 is 22.9 Å². The fraction of sp³-hybridized carbons (Fsp3) is 0.238. The van der Waals surface area contributed by atoms with Crippen molar-refractivity contribution in [3.05, 3.63) is 63.4 Å². The lowest BCUT2D eigenvalue weighted by Gasteiger charge is -2.22. The van der Waals surface area contributed by atoms with Crippen molar-refractivity contribution in [2.75, 3.05) is 4.90 Å². The lowest BCUT2D eigenvalue weighted by atomic mass is 10.1. The fourth-order valence-corrected chi connectivity index (χ4v) is 4.20. The van der Waals surface area contributed by atoms with Crippen LogP contribution in [0.5, 0.6) is 0 Å². The van der Waals surface area contributed by atoms with Crippen molar-refractivity contribution in [2.45, 2.75) is 27.4 Å². The van der Waals surface area contributed by atoms with Crippen LogP contribution < -0.4 is 4.90 Å². The van der Waals surface area contributed by atoms with Crippen LogP contribution in [-0.4, -0.2) is 26.6 Å². The zero-order valence-electron chi connectivity index (χ0n) is 17.0. The summed E-state index contributed by atoms with van der Waals surface area (Å²) in [6.45, 7) is 5.30. The zero-order chi connectivity index (χ0) is 21.8.